The minimum Gasteiger partial charge on any atom is -0.544 e. The number of aliphatic carboxylic acids is 1. The van der Waals surface area contributed by atoms with Gasteiger partial charge < -0.3 is 19.4 Å². The highest BCUT2D eigenvalue weighted by Gasteiger charge is 2.67. The highest BCUT2D eigenvalue weighted by Crippen LogP contribution is 2.70. The molecule has 202 valence electrons. The Hall–Kier alpha value is -2.18. The predicted molar refractivity (Wildman–Crippen MR) is 130 cm³/mol. The fraction of sp³-hybridized carbons (Fsp3) is 0.733. The van der Waals surface area contributed by atoms with Crippen LogP contribution in [0.4, 0.5) is 8.78 Å². The Kier molecular flexibility index (Phi) is 6.27. The van der Waals surface area contributed by atoms with Gasteiger partial charge in [0.1, 0.15) is 17.3 Å². The quantitative estimate of drug-likeness (QED) is 0.342. The van der Waals surface area contributed by atoms with Gasteiger partial charge in [0.15, 0.2) is 6.10 Å². The van der Waals surface area contributed by atoms with Crippen molar-refractivity contribution in [2.24, 2.45) is 41.4 Å². The van der Waals surface area contributed by atoms with Crippen LogP contribution in [0.5, 0.6) is 5.75 Å². The lowest BCUT2D eigenvalue weighted by Gasteiger charge is -2.46. The van der Waals surface area contributed by atoms with Gasteiger partial charge >= 0.3 is 11.9 Å². The van der Waals surface area contributed by atoms with Gasteiger partial charge in [0.05, 0.1) is 5.56 Å². The second-order valence-electron chi connectivity index (χ2n) is 12.5. The Bertz CT molecular complexity index is 1030. The van der Waals surface area contributed by atoms with Crippen molar-refractivity contribution in [3.8, 4) is 5.75 Å². The summed E-state index contributed by atoms with van der Waals surface area (Å²) in [5, 5.41) is 11.2. The van der Waals surface area contributed by atoms with Gasteiger partial charge in [0.25, 0.3) is 0 Å². The Morgan fingerprint density at radius 1 is 1.00 bits per heavy atom. The van der Waals surface area contributed by atoms with Crippen LogP contribution in [0.25, 0.3) is 0 Å². The summed E-state index contributed by atoms with van der Waals surface area (Å²) < 4.78 is 40.9. The molecule has 0 heterocycles. The van der Waals surface area contributed by atoms with Gasteiger partial charge in [0.2, 0.25) is 0 Å². The van der Waals surface area contributed by atoms with E-state index in [0.29, 0.717) is 37.4 Å². The van der Waals surface area contributed by atoms with Gasteiger partial charge in [-0.15, -0.1) is 0 Å². The normalized spacial score (nSPS) is 37.4. The number of carboxylic acids is 1. The average Bonchev–Trinajstić information content (AvgIpc) is 3.68. The number of carbonyl (C=O) groups excluding carboxylic acids is 2. The molecule has 7 heteroatoms. The van der Waals surface area contributed by atoms with Crippen LogP contribution in [0.3, 0.4) is 0 Å². The van der Waals surface area contributed by atoms with E-state index in [1.807, 2.05) is 0 Å². The molecule has 0 aliphatic heterocycles. The van der Waals surface area contributed by atoms with Crippen LogP contribution in [0.2, 0.25) is 0 Å². The van der Waals surface area contributed by atoms with E-state index < -0.39 is 29.9 Å². The second-order valence-corrected chi connectivity index (χ2v) is 12.5. The van der Waals surface area contributed by atoms with Crippen LogP contribution >= 0.6 is 0 Å². The molecule has 8 atom stereocenters. The Labute approximate surface area is 217 Å². The summed E-state index contributed by atoms with van der Waals surface area (Å²) in [5.41, 5.74) is -0.0741. The van der Waals surface area contributed by atoms with Crippen molar-refractivity contribution in [2.75, 3.05) is 0 Å². The summed E-state index contributed by atoms with van der Waals surface area (Å²) in [5.74, 6) is -2.94. The minimum absolute atomic E-state index is 0.106. The van der Waals surface area contributed by atoms with Crippen molar-refractivity contribution >= 4 is 11.9 Å². The van der Waals surface area contributed by atoms with Crippen LogP contribution in [0.15, 0.2) is 24.3 Å². The van der Waals surface area contributed by atoms with Crippen LogP contribution < -0.4 is 9.84 Å². The molecule has 1 aromatic rings. The summed E-state index contributed by atoms with van der Waals surface area (Å²) >= 11 is 0. The zero-order valence-corrected chi connectivity index (χ0v) is 21.5. The van der Waals surface area contributed by atoms with Crippen molar-refractivity contribution in [2.45, 2.75) is 95.2 Å². The molecule has 0 saturated heterocycles. The van der Waals surface area contributed by atoms with E-state index in [9.17, 15) is 23.5 Å². The number of ether oxygens (including phenoxy) is 2. The first-order valence-corrected chi connectivity index (χ1v) is 14.3. The number of esters is 1. The highest BCUT2D eigenvalue weighted by molar-refractivity contribution is 5.90. The van der Waals surface area contributed by atoms with Crippen molar-refractivity contribution in [1.29, 1.82) is 0 Å². The summed E-state index contributed by atoms with van der Waals surface area (Å²) in [7, 11) is 0. The molecule has 5 saturated carbocycles. The van der Waals surface area contributed by atoms with Crippen LogP contribution in [0, 0.1) is 41.4 Å². The van der Waals surface area contributed by atoms with Crippen LogP contribution in [-0.2, 0) is 9.53 Å². The minimum atomic E-state index is -4.24. The van der Waals surface area contributed by atoms with E-state index in [-0.39, 0.29) is 11.2 Å². The zero-order valence-electron chi connectivity index (χ0n) is 21.5. The molecule has 5 fully saturated rings. The molecule has 6 rings (SSSR count). The lowest BCUT2D eigenvalue weighted by atomic mass is 9.65. The Balaban J connectivity index is 1.15. The fourth-order valence-corrected chi connectivity index (χ4v) is 9.39. The van der Waals surface area contributed by atoms with Crippen molar-refractivity contribution < 1.29 is 33.0 Å². The van der Waals surface area contributed by atoms with Gasteiger partial charge in [-0.25, -0.2) is 4.79 Å². The van der Waals surface area contributed by atoms with E-state index >= 15 is 0 Å². The standard InChI is InChI=1S/C30H38F2O5/c1-2-29(16-21-15-23(29)25-20-9-8-19(14-20)24(21)25)37-22-12-10-18(11-13-22)27(33)36-26(30(31,32)28(34)35)17-6-4-3-5-7-17/h10-13,17,19-21,23-26H,2-9,14-16H2,1H3,(H,34,35)/p-1. The molecule has 0 aromatic heterocycles. The molecule has 0 radical (unpaired) electrons. The number of benzene rings is 1. The first-order chi connectivity index (χ1) is 17.7. The topological polar surface area (TPSA) is 75.7 Å². The fourth-order valence-electron chi connectivity index (χ4n) is 9.39. The maximum Gasteiger partial charge on any atom is 0.338 e. The lowest BCUT2D eigenvalue weighted by molar-refractivity contribution is -0.337. The number of carboxylic acid groups (broad SMARTS) is 1. The average molecular weight is 516 g/mol. The van der Waals surface area contributed by atoms with Gasteiger partial charge in [-0.2, -0.15) is 8.78 Å². The lowest BCUT2D eigenvalue weighted by Crippen LogP contribution is -2.54. The van der Waals surface area contributed by atoms with E-state index in [1.54, 1.807) is 12.1 Å². The van der Waals surface area contributed by atoms with Crippen molar-refractivity contribution in [1.82, 2.24) is 0 Å². The summed E-state index contributed by atoms with van der Waals surface area (Å²) in [4.78, 5) is 24.0. The van der Waals surface area contributed by atoms with E-state index in [2.05, 4.69) is 6.92 Å². The number of hydrogen-bond acceptors (Lipinski definition) is 5. The number of rotatable bonds is 8. The van der Waals surface area contributed by atoms with Crippen LogP contribution in [-0.4, -0.2) is 29.6 Å². The van der Waals surface area contributed by atoms with E-state index in [1.165, 1.54) is 37.8 Å². The Morgan fingerprint density at radius 2 is 1.68 bits per heavy atom. The molecule has 5 aliphatic rings. The molecule has 8 unspecified atom stereocenters. The molecule has 5 aliphatic carbocycles. The number of halogens is 2. The third kappa shape index (κ3) is 4.06. The number of fused-ring (bicyclic) bond motifs is 9. The molecule has 37 heavy (non-hydrogen) atoms. The third-order valence-electron chi connectivity index (χ3n) is 10.8. The summed E-state index contributed by atoms with van der Waals surface area (Å²) in [6, 6.07) is 6.49. The van der Waals surface area contributed by atoms with E-state index in [0.717, 1.165) is 48.9 Å². The summed E-state index contributed by atoms with van der Waals surface area (Å²) in [6.45, 7) is 2.21. The highest BCUT2D eigenvalue weighted by atomic mass is 19.3. The van der Waals surface area contributed by atoms with Crippen molar-refractivity contribution in [3.05, 3.63) is 29.8 Å². The van der Waals surface area contributed by atoms with E-state index in [4.69, 9.17) is 9.47 Å². The molecule has 0 amide bonds. The van der Waals surface area contributed by atoms with Crippen LogP contribution in [0.1, 0.15) is 87.9 Å². The SMILES string of the molecule is CCC1(Oc2ccc(C(=O)OC(C3CCCCC3)C(F)(F)C(=O)[O-])cc2)CC2CC1C1C3CCC(C3)C21. The van der Waals surface area contributed by atoms with Gasteiger partial charge in [0, 0.05) is 11.8 Å². The largest absolute Gasteiger partial charge is 0.544 e. The second kappa shape index (κ2) is 9.23. The molecular formula is C30H37F2O5-. The molecule has 1 aromatic carbocycles. The molecular weight excluding hydrogens is 478 g/mol. The first kappa shape index (κ1) is 25.1. The predicted octanol–water partition coefficient (Wildman–Crippen LogP) is 5.41. The molecule has 4 bridgehead atoms. The zero-order chi connectivity index (χ0) is 25.9. The van der Waals surface area contributed by atoms with Crippen molar-refractivity contribution in [3.63, 3.8) is 0 Å². The maximum atomic E-state index is 14.5. The first-order valence-electron chi connectivity index (χ1n) is 14.3. The Morgan fingerprint density at radius 3 is 2.32 bits per heavy atom. The third-order valence-corrected chi connectivity index (χ3v) is 10.8. The molecule has 0 N–H and O–H groups in total. The number of alkyl halides is 2. The summed E-state index contributed by atoms with van der Waals surface area (Å²) in [6.07, 6.45) is 8.55. The van der Waals surface area contributed by atoms with Gasteiger partial charge in [-0.3, -0.25) is 0 Å². The number of hydrogen-bond donors (Lipinski definition) is 0. The molecule has 0 spiro atoms. The van der Waals surface area contributed by atoms with Gasteiger partial charge in [-0.1, -0.05) is 26.2 Å². The van der Waals surface area contributed by atoms with Gasteiger partial charge in [-0.05, 0) is 105 Å². The molecule has 5 nitrogen and oxygen atoms in total. The number of carbonyl (C=O) groups is 2. The monoisotopic (exact) mass is 515 g/mol. The smallest absolute Gasteiger partial charge is 0.338 e. The maximum absolute atomic E-state index is 14.5.